The number of nitrogens with zero attached hydrogens (tertiary/aromatic N) is 2. The maximum atomic E-state index is 11.4. The zero-order valence-electron chi connectivity index (χ0n) is 7.68. The molecular weight excluding hydrogens is 176 g/mol. The summed E-state index contributed by atoms with van der Waals surface area (Å²) in [6, 6.07) is 8.04. The van der Waals surface area contributed by atoms with Crippen LogP contribution in [0.3, 0.4) is 0 Å². The summed E-state index contributed by atoms with van der Waals surface area (Å²) >= 11 is 0. The highest BCUT2D eigenvalue weighted by molar-refractivity contribution is 6.26. The Kier molecular flexibility index (Phi) is 2.25. The van der Waals surface area contributed by atoms with Crippen LogP contribution in [0.15, 0.2) is 24.3 Å². The van der Waals surface area contributed by atoms with Crippen LogP contribution in [-0.2, 0) is 17.6 Å². The number of hydrogen-bond donors (Lipinski definition) is 0. The molecule has 70 valence electrons. The number of benzene rings is 1. The molecule has 1 aliphatic carbocycles. The Bertz CT molecular complexity index is 394. The number of fused-ring (bicyclic) bond motifs is 1. The van der Waals surface area contributed by atoms with Crippen molar-refractivity contribution in [3.05, 3.63) is 40.9 Å². The second-order valence-corrected chi connectivity index (χ2v) is 3.52. The summed E-state index contributed by atoms with van der Waals surface area (Å²) in [7, 11) is 0. The van der Waals surface area contributed by atoms with Crippen LogP contribution >= 0.6 is 0 Å². The van der Waals surface area contributed by atoms with Crippen LogP contribution in [0.5, 0.6) is 0 Å². The minimum absolute atomic E-state index is 0.0386. The maximum Gasteiger partial charge on any atom is 0.323 e. The molecule has 2 rings (SSSR count). The van der Waals surface area contributed by atoms with Crippen LogP contribution in [0.25, 0.3) is 5.53 Å². The first-order chi connectivity index (χ1) is 6.81. The molecular formula is C11H10N2O. The zero-order chi connectivity index (χ0) is 9.97. The summed E-state index contributed by atoms with van der Waals surface area (Å²) in [5.41, 5.74) is 10.7. The fraction of sp³-hybridized carbons (Fsp3) is 0.273. The molecule has 0 amide bonds. The Morgan fingerprint density at radius 1 is 1.36 bits per heavy atom. The van der Waals surface area contributed by atoms with Gasteiger partial charge in [0.05, 0.1) is 0 Å². The molecule has 1 aromatic rings. The van der Waals surface area contributed by atoms with Crippen LogP contribution in [0.2, 0.25) is 0 Å². The van der Waals surface area contributed by atoms with Crippen LogP contribution in [0, 0.1) is 5.92 Å². The van der Waals surface area contributed by atoms with E-state index in [4.69, 9.17) is 5.53 Å². The van der Waals surface area contributed by atoms with Crippen molar-refractivity contribution in [1.82, 2.24) is 0 Å². The van der Waals surface area contributed by atoms with Gasteiger partial charge in [-0.15, -0.1) is 0 Å². The molecule has 0 N–H and O–H groups in total. The smallest absolute Gasteiger partial charge is 0.323 e. The quantitative estimate of drug-likeness (QED) is 0.390. The van der Waals surface area contributed by atoms with E-state index < -0.39 is 0 Å². The van der Waals surface area contributed by atoms with Crippen molar-refractivity contribution in [1.29, 1.82) is 0 Å². The molecule has 0 atom stereocenters. The van der Waals surface area contributed by atoms with E-state index in [0.717, 1.165) is 19.1 Å². The summed E-state index contributed by atoms with van der Waals surface area (Å²) in [5.74, 6) is -0.132. The molecule has 0 fully saturated rings. The van der Waals surface area contributed by atoms with Gasteiger partial charge in [0, 0.05) is 5.92 Å². The Hall–Kier alpha value is -1.73. The van der Waals surface area contributed by atoms with Crippen molar-refractivity contribution in [3.63, 3.8) is 0 Å². The SMILES string of the molecule is [N-]=[N+]=CC(=O)C1Cc2ccccc2C1. The third-order valence-corrected chi connectivity index (χ3v) is 2.64. The van der Waals surface area contributed by atoms with E-state index in [9.17, 15) is 4.79 Å². The minimum Gasteiger partial charge on any atom is -0.361 e. The van der Waals surface area contributed by atoms with Gasteiger partial charge in [-0.05, 0) is 24.0 Å². The van der Waals surface area contributed by atoms with E-state index in [0.29, 0.717) is 0 Å². The van der Waals surface area contributed by atoms with Gasteiger partial charge in [-0.2, -0.15) is 4.79 Å². The van der Waals surface area contributed by atoms with Gasteiger partial charge in [-0.3, -0.25) is 4.79 Å². The first kappa shape index (κ1) is 8.85. The number of hydrogen-bond acceptors (Lipinski definition) is 1. The van der Waals surface area contributed by atoms with Gasteiger partial charge < -0.3 is 5.53 Å². The molecule has 3 heteroatoms. The molecule has 0 saturated carbocycles. The Morgan fingerprint density at radius 2 is 1.93 bits per heavy atom. The van der Waals surface area contributed by atoms with E-state index in [1.807, 2.05) is 24.3 Å². The molecule has 1 aromatic carbocycles. The summed E-state index contributed by atoms with van der Waals surface area (Å²) in [5, 5.41) is 0. The van der Waals surface area contributed by atoms with E-state index in [1.165, 1.54) is 11.1 Å². The van der Waals surface area contributed by atoms with Gasteiger partial charge in [-0.1, -0.05) is 24.3 Å². The Morgan fingerprint density at radius 3 is 2.43 bits per heavy atom. The standard InChI is InChI=1S/C11H10N2O/c12-13-7-11(14)10-5-8-3-1-2-4-9(8)6-10/h1-4,7,10H,5-6H2. The molecule has 0 aliphatic heterocycles. The molecule has 0 bridgehead atoms. The number of carbonyl (C=O) groups excluding carboxylic acids is 1. The van der Waals surface area contributed by atoms with Gasteiger partial charge in [0.1, 0.15) is 0 Å². The molecule has 0 aromatic heterocycles. The largest absolute Gasteiger partial charge is 0.361 e. The lowest BCUT2D eigenvalue weighted by Gasteiger charge is -1.97. The summed E-state index contributed by atoms with van der Waals surface area (Å²) in [6.07, 6.45) is 2.53. The third kappa shape index (κ3) is 1.50. The monoisotopic (exact) mass is 186 g/mol. The molecule has 3 nitrogen and oxygen atoms in total. The van der Waals surface area contributed by atoms with Gasteiger partial charge in [0.25, 0.3) is 0 Å². The lowest BCUT2D eigenvalue weighted by atomic mass is 10.0. The van der Waals surface area contributed by atoms with Crippen LogP contribution in [0.1, 0.15) is 11.1 Å². The van der Waals surface area contributed by atoms with Crippen molar-refractivity contribution >= 4 is 12.0 Å². The molecule has 0 spiro atoms. The second kappa shape index (κ2) is 3.56. The van der Waals surface area contributed by atoms with Crippen molar-refractivity contribution < 1.29 is 9.58 Å². The summed E-state index contributed by atoms with van der Waals surface area (Å²) in [6.45, 7) is 0. The molecule has 0 unspecified atom stereocenters. The van der Waals surface area contributed by atoms with Gasteiger partial charge >= 0.3 is 6.21 Å². The van der Waals surface area contributed by atoms with Crippen LogP contribution in [-0.4, -0.2) is 16.8 Å². The van der Waals surface area contributed by atoms with E-state index in [1.54, 1.807) is 0 Å². The van der Waals surface area contributed by atoms with E-state index >= 15 is 0 Å². The highest BCUT2D eigenvalue weighted by atomic mass is 16.1. The van der Waals surface area contributed by atoms with Crippen LogP contribution < -0.4 is 0 Å². The Balaban J connectivity index is 2.19. The van der Waals surface area contributed by atoms with Gasteiger partial charge in [0.15, 0.2) is 0 Å². The Labute approximate surface area is 82.0 Å². The first-order valence-electron chi connectivity index (χ1n) is 4.59. The molecule has 14 heavy (non-hydrogen) atoms. The fourth-order valence-corrected chi connectivity index (χ4v) is 1.92. The lowest BCUT2D eigenvalue weighted by molar-refractivity contribution is -0.119. The van der Waals surface area contributed by atoms with E-state index in [2.05, 4.69) is 4.79 Å². The van der Waals surface area contributed by atoms with Gasteiger partial charge in [0.2, 0.25) is 5.78 Å². The van der Waals surface area contributed by atoms with Gasteiger partial charge in [-0.25, -0.2) is 0 Å². The minimum atomic E-state index is -0.0938. The second-order valence-electron chi connectivity index (χ2n) is 3.52. The first-order valence-corrected chi connectivity index (χ1v) is 4.59. The van der Waals surface area contributed by atoms with Crippen molar-refractivity contribution in [2.45, 2.75) is 12.8 Å². The maximum absolute atomic E-state index is 11.4. The summed E-state index contributed by atoms with van der Waals surface area (Å²) < 4.78 is 0. The molecule has 0 saturated heterocycles. The predicted octanol–water partition coefficient (Wildman–Crippen LogP) is 1.27. The predicted molar refractivity (Wildman–Crippen MR) is 52.0 cm³/mol. The number of rotatable bonds is 2. The van der Waals surface area contributed by atoms with Crippen molar-refractivity contribution in [3.8, 4) is 0 Å². The number of carbonyl (C=O) groups is 1. The molecule has 1 aliphatic rings. The molecule has 0 radical (unpaired) electrons. The third-order valence-electron chi connectivity index (χ3n) is 2.64. The zero-order valence-corrected chi connectivity index (χ0v) is 7.68. The topological polar surface area (TPSA) is 53.5 Å². The van der Waals surface area contributed by atoms with Crippen molar-refractivity contribution in [2.24, 2.45) is 5.92 Å². The lowest BCUT2D eigenvalue weighted by Crippen LogP contribution is -2.15. The fourth-order valence-electron chi connectivity index (χ4n) is 1.92. The molecule has 0 heterocycles. The summed E-state index contributed by atoms with van der Waals surface area (Å²) in [4.78, 5) is 14.2. The number of ketones is 1. The highest BCUT2D eigenvalue weighted by Crippen LogP contribution is 2.26. The normalized spacial score (nSPS) is 14.6. The van der Waals surface area contributed by atoms with E-state index in [-0.39, 0.29) is 11.7 Å². The average molecular weight is 186 g/mol. The average Bonchev–Trinajstić information content (AvgIpc) is 2.61. The van der Waals surface area contributed by atoms with Crippen molar-refractivity contribution in [2.75, 3.05) is 0 Å². The van der Waals surface area contributed by atoms with Crippen LogP contribution in [0.4, 0.5) is 0 Å². The number of Topliss-reactive ketones (excluding diaryl/α,β-unsaturated/α-hetero) is 1. The highest BCUT2D eigenvalue weighted by Gasteiger charge is 2.27.